The highest BCUT2D eigenvalue weighted by Crippen LogP contribution is 2.45. The summed E-state index contributed by atoms with van der Waals surface area (Å²) in [7, 11) is 4.31. The van der Waals surface area contributed by atoms with Crippen LogP contribution in [-0.4, -0.2) is 53.0 Å². The smallest absolute Gasteiger partial charge is 0.226 e. The number of carbonyl (C=O) groups is 1. The number of aromatic nitrogens is 1. The van der Waals surface area contributed by atoms with Crippen LogP contribution < -0.4 is 0 Å². The quantitative estimate of drug-likeness (QED) is 0.691. The fourth-order valence-electron chi connectivity index (χ4n) is 6.82. The number of piperidine rings is 1. The predicted octanol–water partition coefficient (Wildman–Crippen LogP) is 5.05. The molecule has 1 aromatic heterocycles. The minimum Gasteiger partial charge on any atom is -0.347 e. The van der Waals surface area contributed by atoms with Crippen LogP contribution in [0.15, 0.2) is 24.4 Å². The fraction of sp³-hybridized carbons (Fsp3) is 0.667. The van der Waals surface area contributed by atoms with Crippen LogP contribution in [0.4, 0.5) is 0 Å². The molecular formula is C27H39N3O. The Morgan fingerprint density at radius 2 is 1.97 bits per heavy atom. The second-order valence-corrected chi connectivity index (χ2v) is 10.7. The highest BCUT2D eigenvalue weighted by molar-refractivity contribution is 5.89. The lowest BCUT2D eigenvalue weighted by molar-refractivity contribution is -0.139. The molecule has 0 bridgehead atoms. The molecule has 2 fully saturated rings. The number of carbonyl (C=O) groups excluding carboxylic acids is 1. The van der Waals surface area contributed by atoms with Gasteiger partial charge in [0.05, 0.1) is 5.92 Å². The molecule has 168 valence electrons. The van der Waals surface area contributed by atoms with E-state index in [1.54, 1.807) is 0 Å². The summed E-state index contributed by atoms with van der Waals surface area (Å²) in [4.78, 5) is 18.2. The van der Waals surface area contributed by atoms with Gasteiger partial charge in [0.25, 0.3) is 0 Å². The van der Waals surface area contributed by atoms with Crippen LogP contribution in [0.25, 0.3) is 10.9 Å². The van der Waals surface area contributed by atoms with Crippen molar-refractivity contribution in [3.05, 3.63) is 35.5 Å². The van der Waals surface area contributed by atoms with Crippen molar-refractivity contribution in [1.82, 2.24) is 14.4 Å². The molecule has 0 radical (unpaired) electrons. The minimum absolute atomic E-state index is 0.116. The summed E-state index contributed by atoms with van der Waals surface area (Å²) in [6, 6.07) is 7.81. The first-order valence-corrected chi connectivity index (χ1v) is 12.6. The Bertz CT molecular complexity index is 955. The lowest BCUT2D eigenvalue weighted by Crippen LogP contribution is -2.53. The lowest BCUT2D eigenvalue weighted by Gasteiger charge is -2.46. The molecule has 31 heavy (non-hydrogen) atoms. The normalized spacial score (nSPS) is 30.9. The van der Waals surface area contributed by atoms with E-state index in [2.05, 4.69) is 66.7 Å². The molecule has 4 heteroatoms. The third-order valence-electron chi connectivity index (χ3n) is 8.62. The van der Waals surface area contributed by atoms with E-state index in [4.69, 9.17) is 0 Å². The maximum Gasteiger partial charge on any atom is 0.226 e. The molecule has 0 spiro atoms. The number of amides is 1. The molecule has 1 amide bonds. The van der Waals surface area contributed by atoms with Gasteiger partial charge >= 0.3 is 0 Å². The van der Waals surface area contributed by atoms with Crippen LogP contribution in [0, 0.1) is 11.8 Å². The van der Waals surface area contributed by atoms with Crippen molar-refractivity contribution in [1.29, 1.82) is 0 Å². The molecule has 1 saturated heterocycles. The van der Waals surface area contributed by atoms with Crippen LogP contribution >= 0.6 is 0 Å². The third-order valence-corrected chi connectivity index (χ3v) is 8.62. The van der Waals surface area contributed by atoms with Gasteiger partial charge in [-0.3, -0.25) is 4.79 Å². The van der Waals surface area contributed by atoms with Gasteiger partial charge < -0.3 is 14.4 Å². The molecule has 2 heterocycles. The van der Waals surface area contributed by atoms with Gasteiger partial charge in [-0.15, -0.1) is 0 Å². The Hall–Kier alpha value is -1.81. The van der Waals surface area contributed by atoms with Gasteiger partial charge in [0.15, 0.2) is 0 Å². The van der Waals surface area contributed by atoms with Gasteiger partial charge in [-0.2, -0.15) is 0 Å². The predicted molar refractivity (Wildman–Crippen MR) is 127 cm³/mol. The Morgan fingerprint density at radius 3 is 2.71 bits per heavy atom. The first kappa shape index (κ1) is 21.1. The van der Waals surface area contributed by atoms with E-state index in [0.717, 1.165) is 38.3 Å². The van der Waals surface area contributed by atoms with Gasteiger partial charge in [-0.25, -0.2) is 0 Å². The molecule has 2 aromatic rings. The average molecular weight is 422 g/mol. The van der Waals surface area contributed by atoms with Gasteiger partial charge in [-0.1, -0.05) is 26.0 Å². The van der Waals surface area contributed by atoms with E-state index in [-0.39, 0.29) is 5.92 Å². The van der Waals surface area contributed by atoms with Crippen LogP contribution in [0.2, 0.25) is 0 Å². The molecule has 3 atom stereocenters. The number of hydrogen-bond acceptors (Lipinski definition) is 2. The van der Waals surface area contributed by atoms with Crippen molar-refractivity contribution in [2.24, 2.45) is 11.8 Å². The van der Waals surface area contributed by atoms with Crippen LogP contribution in [-0.2, 0) is 17.8 Å². The number of fused-ring (bicyclic) bond motifs is 2. The Labute approximate surface area is 187 Å². The van der Waals surface area contributed by atoms with Crippen molar-refractivity contribution < 1.29 is 4.79 Å². The van der Waals surface area contributed by atoms with Crippen LogP contribution in [0.5, 0.6) is 0 Å². The van der Waals surface area contributed by atoms with Crippen molar-refractivity contribution in [3.8, 4) is 0 Å². The summed E-state index contributed by atoms with van der Waals surface area (Å²) in [5.41, 5.74) is 4.37. The summed E-state index contributed by atoms with van der Waals surface area (Å²) in [6.07, 6.45) is 10.5. The zero-order valence-corrected chi connectivity index (χ0v) is 19.8. The molecule has 0 unspecified atom stereocenters. The van der Waals surface area contributed by atoms with E-state index in [0.29, 0.717) is 23.9 Å². The number of likely N-dealkylation sites (tertiary alicyclic amines) is 1. The number of rotatable bonds is 4. The number of benzene rings is 1. The molecule has 5 rings (SSSR count). The van der Waals surface area contributed by atoms with Crippen molar-refractivity contribution in [3.63, 3.8) is 0 Å². The van der Waals surface area contributed by atoms with Crippen LogP contribution in [0.1, 0.15) is 69.4 Å². The molecule has 1 aliphatic heterocycles. The maximum atomic E-state index is 13.6. The summed E-state index contributed by atoms with van der Waals surface area (Å²) < 4.78 is 2.45. The molecule has 1 aromatic carbocycles. The van der Waals surface area contributed by atoms with Crippen molar-refractivity contribution >= 4 is 16.8 Å². The Kier molecular flexibility index (Phi) is 5.62. The Morgan fingerprint density at radius 1 is 1.19 bits per heavy atom. The zero-order chi connectivity index (χ0) is 21.7. The molecule has 2 aliphatic carbocycles. The Balaban J connectivity index is 1.41. The monoisotopic (exact) mass is 421 g/mol. The number of nitrogens with zero attached hydrogens (tertiary/aromatic N) is 3. The highest BCUT2D eigenvalue weighted by Gasteiger charge is 2.43. The average Bonchev–Trinajstić information content (AvgIpc) is 3.13. The van der Waals surface area contributed by atoms with E-state index in [1.165, 1.54) is 47.7 Å². The van der Waals surface area contributed by atoms with Crippen LogP contribution in [0.3, 0.4) is 0 Å². The van der Waals surface area contributed by atoms with Gasteiger partial charge in [0.1, 0.15) is 0 Å². The topological polar surface area (TPSA) is 28.5 Å². The molecule has 1 saturated carbocycles. The first-order valence-electron chi connectivity index (χ1n) is 12.6. The molecular weight excluding hydrogens is 382 g/mol. The summed E-state index contributed by atoms with van der Waals surface area (Å²) >= 11 is 0. The highest BCUT2D eigenvalue weighted by atomic mass is 16.2. The van der Waals surface area contributed by atoms with Gasteiger partial charge in [-0.05, 0) is 75.1 Å². The lowest BCUT2D eigenvalue weighted by atomic mass is 9.72. The molecule has 0 N–H and O–H groups in total. The summed E-state index contributed by atoms with van der Waals surface area (Å²) in [5.74, 6) is 1.77. The van der Waals surface area contributed by atoms with Gasteiger partial charge in [0.2, 0.25) is 5.91 Å². The standard InChI is InChI=1S/C27H39N3O/c1-5-13-30-17-19-15-25-23(22-7-6-8-24(30)26(19)22)14-20(16-28(25)3)27(31)29(4)21-11-9-18(2)10-12-21/h6-8,17-18,20-21,23,25H,5,9-16H2,1-4H3/t18?,20-,21?,23-,25-/m1/s1. The van der Waals surface area contributed by atoms with Crippen molar-refractivity contribution in [2.75, 3.05) is 20.6 Å². The first-order chi connectivity index (χ1) is 15.0. The van der Waals surface area contributed by atoms with Crippen molar-refractivity contribution in [2.45, 2.75) is 83.3 Å². The second kappa shape index (κ2) is 8.27. The van der Waals surface area contributed by atoms with E-state index in [9.17, 15) is 4.79 Å². The number of hydrogen-bond donors (Lipinski definition) is 0. The third kappa shape index (κ3) is 3.61. The van der Waals surface area contributed by atoms with E-state index in [1.807, 2.05) is 0 Å². The summed E-state index contributed by atoms with van der Waals surface area (Å²) in [5, 5.41) is 1.48. The molecule has 3 aliphatic rings. The minimum atomic E-state index is 0.116. The SMILES string of the molecule is CCCn1cc2c3c(cccc31)[C@H]1C[C@@H](C(=O)N(C)C3CCC(C)CC3)CN(C)[C@@H]1C2. The number of aryl methyl sites for hydroxylation is 1. The van der Waals surface area contributed by atoms with Gasteiger partial charge in [0, 0.05) is 55.2 Å². The molecule has 4 nitrogen and oxygen atoms in total. The van der Waals surface area contributed by atoms with E-state index < -0.39 is 0 Å². The summed E-state index contributed by atoms with van der Waals surface area (Å²) in [6.45, 7) is 6.58. The maximum absolute atomic E-state index is 13.6. The largest absolute Gasteiger partial charge is 0.347 e. The number of likely N-dealkylation sites (N-methyl/N-ethyl adjacent to an activating group) is 1. The van der Waals surface area contributed by atoms with E-state index >= 15 is 0 Å². The fourth-order valence-corrected chi connectivity index (χ4v) is 6.82. The second-order valence-electron chi connectivity index (χ2n) is 10.7. The zero-order valence-electron chi connectivity index (χ0n) is 19.8.